The second-order valence-electron chi connectivity index (χ2n) is 6.31. The first-order valence-corrected chi connectivity index (χ1v) is 8.70. The van der Waals surface area contributed by atoms with E-state index in [1.165, 1.54) is 4.68 Å². The lowest BCUT2D eigenvalue weighted by Crippen LogP contribution is -2.37. The minimum absolute atomic E-state index is 0.0648. The Labute approximate surface area is 146 Å². The smallest absolute Gasteiger partial charge is 0.346 e. The first-order valence-electron chi connectivity index (χ1n) is 8.70. The maximum absolute atomic E-state index is 12.5. The Hall–Kier alpha value is -2.41. The van der Waals surface area contributed by atoms with Crippen LogP contribution >= 0.6 is 0 Å². The number of benzene rings is 1. The van der Waals surface area contributed by atoms with Crippen molar-refractivity contribution in [3.63, 3.8) is 0 Å². The zero-order valence-electron chi connectivity index (χ0n) is 14.5. The van der Waals surface area contributed by atoms with Crippen LogP contribution in [0.3, 0.4) is 0 Å². The number of nitrogens with zero attached hydrogens (tertiary/aromatic N) is 3. The van der Waals surface area contributed by atoms with Crippen LogP contribution < -0.4 is 11.0 Å². The van der Waals surface area contributed by atoms with Crippen LogP contribution in [0, 0.1) is 6.92 Å². The van der Waals surface area contributed by atoms with Crippen LogP contribution in [0.4, 0.5) is 0 Å². The van der Waals surface area contributed by atoms with Gasteiger partial charge in [0, 0.05) is 19.7 Å². The fraction of sp³-hybridized carbons (Fsp3) is 0.500. The number of hydrogen-bond donors (Lipinski definition) is 1. The molecule has 0 radical (unpaired) electrons. The number of ether oxygens (including phenoxy) is 1. The largest absolute Gasteiger partial charge is 0.376 e. The van der Waals surface area contributed by atoms with E-state index < -0.39 is 0 Å². The second kappa shape index (κ2) is 8.11. The van der Waals surface area contributed by atoms with E-state index in [1.807, 2.05) is 30.3 Å². The molecule has 1 aromatic carbocycles. The molecule has 134 valence electrons. The number of carbonyl (C=O) groups is 1. The molecule has 0 bridgehead atoms. The van der Waals surface area contributed by atoms with Crippen LogP contribution in [0.5, 0.6) is 0 Å². The summed E-state index contributed by atoms with van der Waals surface area (Å²) in [5.74, 6) is 0.401. The van der Waals surface area contributed by atoms with Crippen molar-refractivity contribution in [3.8, 4) is 0 Å². The minimum Gasteiger partial charge on any atom is -0.376 e. The van der Waals surface area contributed by atoms with Crippen LogP contribution in [-0.4, -0.2) is 39.5 Å². The molecule has 25 heavy (non-hydrogen) atoms. The highest BCUT2D eigenvalue weighted by Gasteiger charge is 2.17. The van der Waals surface area contributed by atoms with Crippen molar-refractivity contribution in [2.24, 2.45) is 0 Å². The average molecular weight is 344 g/mol. The molecule has 0 aliphatic carbocycles. The number of aromatic nitrogens is 3. The quantitative estimate of drug-likeness (QED) is 0.809. The predicted molar refractivity (Wildman–Crippen MR) is 93.4 cm³/mol. The van der Waals surface area contributed by atoms with Gasteiger partial charge in [0.15, 0.2) is 0 Å². The molecule has 7 heteroatoms. The number of aryl methyl sites for hydroxylation is 2. The zero-order chi connectivity index (χ0) is 17.6. The Morgan fingerprint density at radius 1 is 1.36 bits per heavy atom. The van der Waals surface area contributed by atoms with Gasteiger partial charge in [-0.05, 0) is 31.7 Å². The Balaban J connectivity index is 1.57. The molecule has 1 aromatic heterocycles. The summed E-state index contributed by atoms with van der Waals surface area (Å²) in [6.45, 7) is 3.51. The fourth-order valence-corrected chi connectivity index (χ4v) is 3.02. The lowest BCUT2D eigenvalue weighted by atomic mass is 10.1. The first-order chi connectivity index (χ1) is 12.1. The molecule has 1 amide bonds. The zero-order valence-corrected chi connectivity index (χ0v) is 14.5. The molecular weight excluding hydrogens is 320 g/mol. The van der Waals surface area contributed by atoms with Crippen LogP contribution in [0.2, 0.25) is 0 Å². The van der Waals surface area contributed by atoms with Gasteiger partial charge in [-0.1, -0.05) is 30.3 Å². The summed E-state index contributed by atoms with van der Waals surface area (Å²) in [6, 6.07) is 9.99. The van der Waals surface area contributed by atoms with Crippen LogP contribution in [0.15, 0.2) is 35.1 Å². The maximum Gasteiger partial charge on any atom is 0.346 e. The molecule has 3 rings (SSSR count). The van der Waals surface area contributed by atoms with Crippen molar-refractivity contribution in [1.29, 1.82) is 0 Å². The molecule has 2 aromatic rings. The van der Waals surface area contributed by atoms with E-state index >= 15 is 0 Å². The van der Waals surface area contributed by atoms with Gasteiger partial charge in [0.1, 0.15) is 12.4 Å². The predicted octanol–water partition coefficient (Wildman–Crippen LogP) is 0.891. The van der Waals surface area contributed by atoms with Gasteiger partial charge < -0.3 is 10.1 Å². The van der Waals surface area contributed by atoms with E-state index in [2.05, 4.69) is 10.4 Å². The standard InChI is InChI=1S/C18H24N4O3/c1-14-20-22(13-17(23)19-12-16-8-5-11-25-16)18(24)21(14)10-9-15-6-3-2-4-7-15/h2-4,6-7,16H,5,8-13H2,1H3,(H,19,23)/t16-/m0/s1. The van der Waals surface area contributed by atoms with Gasteiger partial charge in [-0.15, -0.1) is 0 Å². The number of nitrogens with one attached hydrogen (secondary N) is 1. The summed E-state index contributed by atoms with van der Waals surface area (Å²) in [5, 5.41) is 7.03. The normalized spacial score (nSPS) is 16.9. The summed E-state index contributed by atoms with van der Waals surface area (Å²) in [5.41, 5.74) is 0.913. The van der Waals surface area contributed by atoms with Crippen LogP contribution in [0.1, 0.15) is 24.2 Å². The Morgan fingerprint density at radius 2 is 2.16 bits per heavy atom. The van der Waals surface area contributed by atoms with Gasteiger partial charge in [-0.25, -0.2) is 9.48 Å². The van der Waals surface area contributed by atoms with E-state index in [0.29, 0.717) is 18.9 Å². The first kappa shape index (κ1) is 17.4. The average Bonchev–Trinajstić information content (AvgIpc) is 3.22. The number of amides is 1. The minimum atomic E-state index is -0.249. The maximum atomic E-state index is 12.5. The summed E-state index contributed by atoms with van der Waals surface area (Å²) >= 11 is 0. The molecule has 0 saturated carbocycles. The second-order valence-corrected chi connectivity index (χ2v) is 6.31. The Morgan fingerprint density at radius 3 is 2.88 bits per heavy atom. The van der Waals surface area contributed by atoms with Crippen molar-refractivity contribution < 1.29 is 9.53 Å². The summed E-state index contributed by atoms with van der Waals surface area (Å²) < 4.78 is 8.31. The molecule has 2 heterocycles. The van der Waals surface area contributed by atoms with E-state index in [4.69, 9.17) is 4.74 Å². The Kier molecular flexibility index (Phi) is 5.65. The molecule has 1 N–H and O–H groups in total. The van der Waals surface area contributed by atoms with Gasteiger partial charge in [-0.2, -0.15) is 5.10 Å². The lowest BCUT2D eigenvalue weighted by Gasteiger charge is -2.10. The molecule has 0 unspecified atom stereocenters. The molecule has 1 saturated heterocycles. The highest BCUT2D eigenvalue weighted by Crippen LogP contribution is 2.10. The van der Waals surface area contributed by atoms with Gasteiger partial charge in [0.25, 0.3) is 0 Å². The van der Waals surface area contributed by atoms with Crippen molar-refractivity contribution in [3.05, 3.63) is 52.2 Å². The monoisotopic (exact) mass is 344 g/mol. The van der Waals surface area contributed by atoms with Crippen LogP contribution in [0.25, 0.3) is 0 Å². The van der Waals surface area contributed by atoms with Gasteiger partial charge >= 0.3 is 5.69 Å². The molecule has 7 nitrogen and oxygen atoms in total. The van der Waals surface area contributed by atoms with Gasteiger partial charge in [-0.3, -0.25) is 9.36 Å². The van der Waals surface area contributed by atoms with Crippen molar-refractivity contribution in [2.75, 3.05) is 13.2 Å². The molecule has 1 fully saturated rings. The molecule has 1 atom stereocenters. The lowest BCUT2D eigenvalue weighted by molar-refractivity contribution is -0.122. The number of hydrogen-bond acceptors (Lipinski definition) is 4. The molecule has 1 aliphatic heterocycles. The molecular formula is C18H24N4O3. The van der Waals surface area contributed by atoms with Gasteiger partial charge in [0.05, 0.1) is 6.10 Å². The highest BCUT2D eigenvalue weighted by atomic mass is 16.5. The molecule has 1 aliphatic rings. The summed E-state index contributed by atoms with van der Waals surface area (Å²) in [4.78, 5) is 24.5. The topological polar surface area (TPSA) is 78.2 Å². The highest BCUT2D eigenvalue weighted by molar-refractivity contribution is 5.75. The number of carbonyl (C=O) groups excluding carboxylic acids is 1. The summed E-state index contributed by atoms with van der Waals surface area (Å²) in [7, 11) is 0. The Bertz CT molecular complexity index is 760. The van der Waals surface area contributed by atoms with Crippen molar-refractivity contribution in [2.45, 2.75) is 45.4 Å². The van der Waals surface area contributed by atoms with E-state index in [-0.39, 0.29) is 24.2 Å². The van der Waals surface area contributed by atoms with E-state index in [0.717, 1.165) is 31.4 Å². The van der Waals surface area contributed by atoms with Crippen molar-refractivity contribution in [1.82, 2.24) is 19.7 Å². The number of rotatable bonds is 7. The third-order valence-corrected chi connectivity index (χ3v) is 4.42. The van der Waals surface area contributed by atoms with E-state index in [1.54, 1.807) is 11.5 Å². The van der Waals surface area contributed by atoms with E-state index in [9.17, 15) is 9.59 Å². The SMILES string of the molecule is Cc1nn(CC(=O)NC[C@@H]2CCCO2)c(=O)n1CCc1ccccc1. The third-order valence-electron chi connectivity index (χ3n) is 4.42. The van der Waals surface area contributed by atoms with Gasteiger partial charge in [0.2, 0.25) is 5.91 Å². The summed E-state index contributed by atoms with van der Waals surface area (Å²) in [6.07, 6.45) is 2.84. The van der Waals surface area contributed by atoms with Crippen LogP contribution in [-0.2, 0) is 29.0 Å². The molecule has 0 spiro atoms. The third kappa shape index (κ3) is 4.57. The van der Waals surface area contributed by atoms with Crippen molar-refractivity contribution >= 4 is 5.91 Å². The fourth-order valence-electron chi connectivity index (χ4n) is 3.02.